The highest BCUT2D eigenvalue weighted by atomic mass is 14.8. The van der Waals surface area contributed by atoms with Crippen LogP contribution < -0.4 is 5.73 Å². The summed E-state index contributed by atoms with van der Waals surface area (Å²) in [4.78, 5) is 0. The Morgan fingerprint density at radius 1 is 0.750 bits per heavy atom. The van der Waals surface area contributed by atoms with Crippen LogP contribution >= 0.6 is 0 Å². The summed E-state index contributed by atoms with van der Waals surface area (Å²) >= 11 is 0. The number of hydrogen-bond donors (Lipinski definition) is 1. The molecule has 2 atom stereocenters. The fraction of sp³-hybridized carbons (Fsp3) is 0.368. The van der Waals surface area contributed by atoms with Crippen LogP contribution in [-0.2, 0) is 0 Å². The molecule has 0 aromatic heterocycles. The van der Waals surface area contributed by atoms with Crippen LogP contribution in [0.2, 0.25) is 0 Å². The molecule has 0 aliphatic heterocycles. The molecule has 1 nitrogen and oxygen atoms in total. The van der Waals surface area contributed by atoms with Gasteiger partial charge in [0.15, 0.2) is 0 Å². The van der Waals surface area contributed by atoms with Gasteiger partial charge in [-0.15, -0.1) is 0 Å². The molecule has 4 rings (SSSR count). The molecule has 2 fully saturated rings. The van der Waals surface area contributed by atoms with E-state index >= 15 is 0 Å². The lowest BCUT2D eigenvalue weighted by atomic mass is 9.69. The van der Waals surface area contributed by atoms with E-state index in [4.69, 9.17) is 5.73 Å². The Kier molecular flexibility index (Phi) is 2.71. The Hall–Kier alpha value is -1.60. The maximum atomic E-state index is 6.95. The molecule has 0 spiro atoms. The molecule has 0 amide bonds. The molecule has 0 heterocycles. The van der Waals surface area contributed by atoms with Gasteiger partial charge in [0.1, 0.15) is 0 Å². The second-order valence-electron chi connectivity index (χ2n) is 6.58. The largest absolute Gasteiger partial charge is 0.324 e. The first kappa shape index (κ1) is 12.2. The number of nitrogens with two attached hydrogens (primary N) is 1. The van der Waals surface area contributed by atoms with Crippen molar-refractivity contribution in [2.75, 3.05) is 0 Å². The Morgan fingerprint density at radius 2 is 1.20 bits per heavy atom. The molecule has 0 radical (unpaired) electrons. The summed E-state index contributed by atoms with van der Waals surface area (Å²) in [7, 11) is 0. The van der Waals surface area contributed by atoms with Crippen molar-refractivity contribution >= 4 is 0 Å². The van der Waals surface area contributed by atoms with Crippen molar-refractivity contribution in [3.63, 3.8) is 0 Å². The molecule has 102 valence electrons. The lowest BCUT2D eigenvalue weighted by molar-refractivity contribution is 0.313. The number of benzene rings is 2. The molecule has 2 aliphatic rings. The van der Waals surface area contributed by atoms with Gasteiger partial charge < -0.3 is 5.73 Å². The van der Waals surface area contributed by atoms with Crippen LogP contribution in [0.4, 0.5) is 0 Å². The number of hydrogen-bond acceptors (Lipinski definition) is 1. The SMILES string of the molecule is NC12CC(CC1c1ccccc1)CC2c1ccccc1. The normalized spacial score (nSPS) is 35.4. The van der Waals surface area contributed by atoms with Crippen LogP contribution in [0.3, 0.4) is 0 Å². The zero-order valence-electron chi connectivity index (χ0n) is 11.7. The number of fused-ring (bicyclic) bond motifs is 2. The zero-order valence-corrected chi connectivity index (χ0v) is 11.7. The van der Waals surface area contributed by atoms with Gasteiger partial charge in [-0.25, -0.2) is 0 Å². The van der Waals surface area contributed by atoms with Gasteiger partial charge in [-0.1, -0.05) is 60.7 Å². The van der Waals surface area contributed by atoms with Gasteiger partial charge in [0, 0.05) is 17.4 Å². The van der Waals surface area contributed by atoms with E-state index in [1.165, 1.54) is 30.4 Å². The second kappa shape index (κ2) is 4.46. The van der Waals surface area contributed by atoms with E-state index in [0.717, 1.165) is 5.92 Å². The first-order valence-electron chi connectivity index (χ1n) is 7.66. The molecule has 2 aliphatic carbocycles. The minimum absolute atomic E-state index is 0.0482. The third-order valence-electron chi connectivity index (χ3n) is 5.48. The Labute approximate surface area is 120 Å². The Bertz CT molecular complexity index is 540. The molecule has 1 heteroatoms. The first-order valence-corrected chi connectivity index (χ1v) is 7.66. The van der Waals surface area contributed by atoms with Crippen LogP contribution in [0, 0.1) is 5.92 Å². The molecule has 2 aromatic carbocycles. The average Bonchev–Trinajstić information content (AvgIpc) is 3.01. The quantitative estimate of drug-likeness (QED) is 0.868. The Morgan fingerprint density at radius 3 is 1.60 bits per heavy atom. The standard InChI is InChI=1S/C19H21N/c20-19-13-14(11-17(19)15-7-3-1-4-8-15)12-18(19)16-9-5-2-6-10-16/h1-10,14,17-18H,11-13,20H2. The van der Waals surface area contributed by atoms with E-state index in [1.807, 2.05) is 0 Å². The fourth-order valence-corrected chi connectivity index (χ4v) is 4.66. The van der Waals surface area contributed by atoms with Crippen LogP contribution in [0.25, 0.3) is 0 Å². The van der Waals surface area contributed by atoms with Gasteiger partial charge in [-0.3, -0.25) is 0 Å². The third kappa shape index (κ3) is 1.73. The summed E-state index contributed by atoms with van der Waals surface area (Å²) in [5, 5.41) is 0. The van der Waals surface area contributed by atoms with Crippen molar-refractivity contribution in [3.05, 3.63) is 71.8 Å². The van der Waals surface area contributed by atoms with Crippen molar-refractivity contribution in [1.29, 1.82) is 0 Å². The molecular weight excluding hydrogens is 242 g/mol. The topological polar surface area (TPSA) is 26.0 Å². The van der Waals surface area contributed by atoms with Gasteiger partial charge >= 0.3 is 0 Å². The molecule has 2 bridgehead atoms. The van der Waals surface area contributed by atoms with Crippen LogP contribution in [0.15, 0.2) is 60.7 Å². The van der Waals surface area contributed by atoms with Gasteiger partial charge in [0.05, 0.1) is 0 Å². The summed E-state index contributed by atoms with van der Waals surface area (Å²) in [5.41, 5.74) is 9.76. The fourth-order valence-electron chi connectivity index (χ4n) is 4.66. The van der Waals surface area contributed by atoms with E-state index in [1.54, 1.807) is 0 Å². The molecular formula is C19H21N. The van der Waals surface area contributed by atoms with Crippen molar-refractivity contribution < 1.29 is 0 Å². The van der Waals surface area contributed by atoms with Crippen molar-refractivity contribution in [2.24, 2.45) is 11.7 Å². The molecule has 20 heavy (non-hydrogen) atoms. The summed E-state index contributed by atoms with van der Waals surface area (Å²) < 4.78 is 0. The highest BCUT2D eigenvalue weighted by molar-refractivity contribution is 5.36. The lowest BCUT2D eigenvalue weighted by Gasteiger charge is -2.39. The highest BCUT2D eigenvalue weighted by Gasteiger charge is 2.56. The predicted molar refractivity (Wildman–Crippen MR) is 82.6 cm³/mol. The Balaban J connectivity index is 1.72. The van der Waals surface area contributed by atoms with Gasteiger partial charge in [-0.05, 0) is 36.3 Å². The second-order valence-corrected chi connectivity index (χ2v) is 6.58. The maximum Gasteiger partial charge on any atom is 0.0296 e. The maximum absolute atomic E-state index is 6.95. The van der Waals surface area contributed by atoms with E-state index < -0.39 is 0 Å². The first-order chi connectivity index (χ1) is 9.77. The summed E-state index contributed by atoms with van der Waals surface area (Å²) in [5.74, 6) is 1.84. The van der Waals surface area contributed by atoms with E-state index in [2.05, 4.69) is 60.7 Å². The van der Waals surface area contributed by atoms with Gasteiger partial charge in [-0.2, -0.15) is 0 Å². The zero-order chi connectivity index (χ0) is 13.6. The molecule has 2 aromatic rings. The van der Waals surface area contributed by atoms with E-state index in [-0.39, 0.29) is 5.54 Å². The molecule has 2 saturated carbocycles. The highest BCUT2D eigenvalue weighted by Crippen LogP contribution is 2.60. The van der Waals surface area contributed by atoms with Crippen LogP contribution in [-0.4, -0.2) is 5.54 Å². The van der Waals surface area contributed by atoms with E-state index in [0.29, 0.717) is 11.8 Å². The lowest BCUT2D eigenvalue weighted by Crippen LogP contribution is -2.46. The predicted octanol–water partition coefficient (Wildman–Crippen LogP) is 4.07. The summed E-state index contributed by atoms with van der Waals surface area (Å²) in [6.45, 7) is 0. The monoisotopic (exact) mass is 263 g/mol. The van der Waals surface area contributed by atoms with Crippen molar-refractivity contribution in [2.45, 2.75) is 36.6 Å². The van der Waals surface area contributed by atoms with Gasteiger partial charge in [0.2, 0.25) is 0 Å². The third-order valence-corrected chi connectivity index (χ3v) is 5.48. The van der Waals surface area contributed by atoms with Crippen molar-refractivity contribution in [3.8, 4) is 0 Å². The molecule has 2 N–H and O–H groups in total. The average molecular weight is 263 g/mol. The van der Waals surface area contributed by atoms with Crippen LogP contribution in [0.5, 0.6) is 0 Å². The summed E-state index contributed by atoms with van der Waals surface area (Å²) in [6.07, 6.45) is 3.72. The van der Waals surface area contributed by atoms with Crippen LogP contribution in [0.1, 0.15) is 42.2 Å². The number of rotatable bonds is 2. The van der Waals surface area contributed by atoms with Crippen molar-refractivity contribution in [1.82, 2.24) is 0 Å². The minimum atomic E-state index is -0.0482. The smallest absolute Gasteiger partial charge is 0.0296 e. The van der Waals surface area contributed by atoms with Gasteiger partial charge in [0.25, 0.3) is 0 Å². The molecule has 0 saturated heterocycles. The molecule has 2 unspecified atom stereocenters. The summed E-state index contributed by atoms with van der Waals surface area (Å²) in [6, 6.07) is 21.8. The minimum Gasteiger partial charge on any atom is -0.324 e. The van der Waals surface area contributed by atoms with E-state index in [9.17, 15) is 0 Å².